The molecule has 15 heavy (non-hydrogen) atoms. The van der Waals surface area contributed by atoms with Gasteiger partial charge in [-0.2, -0.15) is 0 Å². The van der Waals surface area contributed by atoms with Crippen LogP contribution in [-0.4, -0.2) is 18.6 Å². The van der Waals surface area contributed by atoms with Gasteiger partial charge < -0.3 is 10.1 Å². The van der Waals surface area contributed by atoms with Crippen molar-refractivity contribution in [1.82, 2.24) is 4.98 Å². The van der Waals surface area contributed by atoms with Gasteiger partial charge in [0.15, 0.2) is 0 Å². The molecule has 0 amide bonds. The van der Waals surface area contributed by atoms with Crippen LogP contribution in [0.3, 0.4) is 0 Å². The van der Waals surface area contributed by atoms with Crippen LogP contribution in [0.1, 0.15) is 32.6 Å². The zero-order valence-electron chi connectivity index (χ0n) is 9.62. The summed E-state index contributed by atoms with van der Waals surface area (Å²) in [4.78, 5) is 4.08. The van der Waals surface area contributed by atoms with Gasteiger partial charge in [-0.15, -0.1) is 0 Å². The Morgan fingerprint density at radius 3 is 2.87 bits per heavy atom. The van der Waals surface area contributed by atoms with Gasteiger partial charge in [-0.1, -0.05) is 26.2 Å². The van der Waals surface area contributed by atoms with E-state index in [1.165, 1.54) is 19.3 Å². The topological polar surface area (TPSA) is 34.1 Å². The molecule has 84 valence electrons. The fraction of sp³-hybridized carbons (Fsp3) is 0.583. The van der Waals surface area contributed by atoms with Crippen LogP contribution in [0.4, 0.5) is 5.69 Å². The first-order chi connectivity index (χ1) is 7.36. The standard InChI is InChI=1S/C12H20N2O/c1-3-4-5-6-7-15-12-8-11(13-2)9-14-10-12/h8-10,13H,3-7H2,1-2H3. The van der Waals surface area contributed by atoms with Gasteiger partial charge in [-0.3, -0.25) is 4.98 Å². The molecular formula is C12H20N2O. The first-order valence-corrected chi connectivity index (χ1v) is 5.62. The Balaban J connectivity index is 2.24. The number of hydrogen-bond donors (Lipinski definition) is 1. The summed E-state index contributed by atoms with van der Waals surface area (Å²) in [6.45, 7) is 3.00. The largest absolute Gasteiger partial charge is 0.492 e. The van der Waals surface area contributed by atoms with E-state index in [2.05, 4.69) is 17.2 Å². The predicted molar refractivity (Wildman–Crippen MR) is 63.4 cm³/mol. The fourth-order valence-corrected chi connectivity index (χ4v) is 1.35. The minimum atomic E-state index is 0.787. The van der Waals surface area contributed by atoms with Crippen molar-refractivity contribution in [3.63, 3.8) is 0 Å². The molecule has 1 heterocycles. The molecule has 1 N–H and O–H groups in total. The SMILES string of the molecule is CCCCCCOc1cncc(NC)c1. The number of rotatable bonds is 7. The molecule has 0 saturated carbocycles. The van der Waals surface area contributed by atoms with Crippen LogP contribution in [0.5, 0.6) is 5.75 Å². The molecule has 0 saturated heterocycles. The summed E-state index contributed by atoms with van der Waals surface area (Å²) in [7, 11) is 1.88. The van der Waals surface area contributed by atoms with Gasteiger partial charge in [-0.25, -0.2) is 0 Å². The van der Waals surface area contributed by atoms with Crippen molar-refractivity contribution in [3.8, 4) is 5.75 Å². The molecule has 1 aromatic rings. The number of nitrogens with one attached hydrogen (secondary N) is 1. The highest BCUT2D eigenvalue weighted by atomic mass is 16.5. The first-order valence-electron chi connectivity index (χ1n) is 5.62. The van der Waals surface area contributed by atoms with Crippen molar-refractivity contribution in [2.24, 2.45) is 0 Å². The fourth-order valence-electron chi connectivity index (χ4n) is 1.35. The van der Waals surface area contributed by atoms with Crippen molar-refractivity contribution in [1.29, 1.82) is 0 Å². The second-order valence-corrected chi connectivity index (χ2v) is 3.57. The summed E-state index contributed by atoms with van der Waals surface area (Å²) in [6.07, 6.45) is 8.45. The molecule has 3 heteroatoms. The molecule has 0 radical (unpaired) electrons. The molecular weight excluding hydrogens is 188 g/mol. The normalized spacial score (nSPS) is 10.0. The van der Waals surface area contributed by atoms with Crippen molar-refractivity contribution >= 4 is 5.69 Å². The second-order valence-electron chi connectivity index (χ2n) is 3.57. The highest BCUT2D eigenvalue weighted by Crippen LogP contribution is 2.15. The van der Waals surface area contributed by atoms with E-state index in [1.807, 2.05) is 13.1 Å². The third-order valence-electron chi connectivity index (χ3n) is 2.27. The maximum atomic E-state index is 5.59. The summed E-state index contributed by atoms with van der Waals surface area (Å²) < 4.78 is 5.59. The van der Waals surface area contributed by atoms with Crippen LogP contribution < -0.4 is 10.1 Å². The Kier molecular flexibility index (Phi) is 5.59. The number of unbranched alkanes of at least 4 members (excludes halogenated alkanes) is 3. The van der Waals surface area contributed by atoms with E-state index in [0.29, 0.717) is 0 Å². The van der Waals surface area contributed by atoms with Gasteiger partial charge in [-0.05, 0) is 6.42 Å². The lowest BCUT2D eigenvalue weighted by Gasteiger charge is -2.06. The minimum Gasteiger partial charge on any atom is -0.492 e. The van der Waals surface area contributed by atoms with Crippen LogP contribution in [0.15, 0.2) is 18.5 Å². The van der Waals surface area contributed by atoms with Crippen LogP contribution in [-0.2, 0) is 0 Å². The lowest BCUT2D eigenvalue weighted by molar-refractivity contribution is 0.304. The van der Waals surface area contributed by atoms with Crippen LogP contribution in [0, 0.1) is 0 Å². The molecule has 0 atom stereocenters. The van der Waals surface area contributed by atoms with Gasteiger partial charge in [0.05, 0.1) is 24.7 Å². The van der Waals surface area contributed by atoms with Crippen molar-refractivity contribution in [3.05, 3.63) is 18.5 Å². The lowest BCUT2D eigenvalue weighted by atomic mass is 10.2. The molecule has 0 aliphatic carbocycles. The zero-order valence-corrected chi connectivity index (χ0v) is 9.62. The smallest absolute Gasteiger partial charge is 0.139 e. The van der Waals surface area contributed by atoms with Crippen LogP contribution >= 0.6 is 0 Å². The van der Waals surface area contributed by atoms with Crippen molar-refractivity contribution < 1.29 is 4.74 Å². The molecule has 0 aromatic carbocycles. The predicted octanol–water partition coefficient (Wildman–Crippen LogP) is 3.08. The maximum Gasteiger partial charge on any atom is 0.139 e. The summed E-state index contributed by atoms with van der Waals surface area (Å²) in [5.74, 6) is 0.846. The monoisotopic (exact) mass is 208 g/mol. The van der Waals surface area contributed by atoms with Crippen molar-refractivity contribution in [2.45, 2.75) is 32.6 Å². The summed E-state index contributed by atoms with van der Waals surface area (Å²) in [5.41, 5.74) is 0.987. The van der Waals surface area contributed by atoms with E-state index in [0.717, 1.165) is 24.5 Å². The van der Waals surface area contributed by atoms with E-state index < -0.39 is 0 Å². The Bertz CT molecular complexity index is 276. The van der Waals surface area contributed by atoms with Gasteiger partial charge in [0.25, 0.3) is 0 Å². The number of pyridine rings is 1. The number of aromatic nitrogens is 1. The molecule has 0 spiro atoms. The van der Waals surface area contributed by atoms with Crippen LogP contribution in [0.25, 0.3) is 0 Å². The Morgan fingerprint density at radius 1 is 1.27 bits per heavy atom. The molecule has 0 aliphatic rings. The number of hydrogen-bond acceptors (Lipinski definition) is 3. The average molecular weight is 208 g/mol. The summed E-state index contributed by atoms with van der Waals surface area (Å²) >= 11 is 0. The third kappa shape index (κ3) is 4.68. The van der Waals surface area contributed by atoms with E-state index >= 15 is 0 Å². The molecule has 0 bridgehead atoms. The summed E-state index contributed by atoms with van der Waals surface area (Å²) in [6, 6.07) is 1.97. The Morgan fingerprint density at radius 2 is 2.13 bits per heavy atom. The first kappa shape index (κ1) is 11.8. The Hall–Kier alpha value is -1.25. The molecule has 0 aliphatic heterocycles. The number of anilines is 1. The molecule has 3 nitrogen and oxygen atoms in total. The molecule has 1 rings (SSSR count). The van der Waals surface area contributed by atoms with E-state index in [1.54, 1.807) is 12.4 Å². The highest BCUT2D eigenvalue weighted by Gasteiger charge is 1.95. The number of ether oxygens (including phenoxy) is 1. The highest BCUT2D eigenvalue weighted by molar-refractivity contribution is 5.44. The Labute approximate surface area is 91.9 Å². The molecule has 1 aromatic heterocycles. The summed E-state index contributed by atoms with van der Waals surface area (Å²) in [5, 5.41) is 3.04. The van der Waals surface area contributed by atoms with Gasteiger partial charge in [0.1, 0.15) is 5.75 Å². The van der Waals surface area contributed by atoms with E-state index in [-0.39, 0.29) is 0 Å². The minimum absolute atomic E-state index is 0.787. The van der Waals surface area contributed by atoms with Crippen LogP contribution in [0.2, 0.25) is 0 Å². The van der Waals surface area contributed by atoms with Gasteiger partial charge in [0.2, 0.25) is 0 Å². The number of nitrogens with zero attached hydrogens (tertiary/aromatic N) is 1. The molecule has 0 fully saturated rings. The average Bonchev–Trinajstić information content (AvgIpc) is 2.29. The van der Waals surface area contributed by atoms with Crippen molar-refractivity contribution in [2.75, 3.05) is 19.0 Å². The maximum absolute atomic E-state index is 5.59. The second kappa shape index (κ2) is 7.10. The van der Waals surface area contributed by atoms with E-state index in [4.69, 9.17) is 4.74 Å². The van der Waals surface area contributed by atoms with Gasteiger partial charge in [0, 0.05) is 13.1 Å². The van der Waals surface area contributed by atoms with Gasteiger partial charge >= 0.3 is 0 Å². The zero-order chi connectivity index (χ0) is 10.9. The molecule has 0 unspecified atom stereocenters. The third-order valence-corrected chi connectivity index (χ3v) is 2.27. The quantitative estimate of drug-likeness (QED) is 0.699. The lowest BCUT2D eigenvalue weighted by Crippen LogP contribution is -1.98. The van der Waals surface area contributed by atoms with E-state index in [9.17, 15) is 0 Å².